The molecule has 0 bridgehead atoms. The molecule has 2 aromatic carbocycles. The van der Waals surface area contributed by atoms with Crippen molar-refractivity contribution in [1.29, 1.82) is 0 Å². The molecule has 0 saturated carbocycles. The average Bonchev–Trinajstić information content (AvgIpc) is 2.97. The van der Waals surface area contributed by atoms with Crippen LogP contribution in [-0.2, 0) is 13.1 Å². The molecule has 0 unspecified atom stereocenters. The molecule has 38 heavy (non-hydrogen) atoms. The fraction of sp³-hybridized carbons (Fsp3) is 0.485. The van der Waals surface area contributed by atoms with Crippen molar-refractivity contribution in [3.63, 3.8) is 0 Å². The zero-order valence-electron chi connectivity index (χ0n) is 24.3. The summed E-state index contributed by atoms with van der Waals surface area (Å²) in [5.74, 6) is 2.87. The summed E-state index contributed by atoms with van der Waals surface area (Å²) in [6.45, 7) is 8.62. The number of pyridine rings is 1. The number of methoxy groups -OCH3 is 2. The van der Waals surface area contributed by atoms with Gasteiger partial charge in [0, 0.05) is 0 Å². The first-order chi connectivity index (χ1) is 18.6. The van der Waals surface area contributed by atoms with Crippen molar-refractivity contribution in [2.24, 2.45) is 0 Å². The summed E-state index contributed by atoms with van der Waals surface area (Å²) in [5.41, 5.74) is 2.51. The van der Waals surface area contributed by atoms with Crippen LogP contribution in [0.3, 0.4) is 0 Å². The van der Waals surface area contributed by atoms with Crippen molar-refractivity contribution >= 4 is 27.9 Å². The van der Waals surface area contributed by atoms with E-state index in [1.807, 2.05) is 24.3 Å². The van der Waals surface area contributed by atoms with Gasteiger partial charge in [0.25, 0.3) is 0 Å². The van der Waals surface area contributed by atoms with Crippen molar-refractivity contribution in [1.82, 2.24) is 4.98 Å². The van der Waals surface area contributed by atoms with Crippen molar-refractivity contribution in [2.45, 2.75) is 85.7 Å². The van der Waals surface area contributed by atoms with E-state index in [2.05, 4.69) is 68.1 Å². The van der Waals surface area contributed by atoms with Gasteiger partial charge in [-0.15, -0.1) is 0 Å². The maximum absolute atomic E-state index is 5.53. The molecule has 0 aliphatic carbocycles. The predicted molar refractivity (Wildman–Crippen MR) is 165 cm³/mol. The topological polar surface area (TPSA) is 34.6 Å². The fourth-order valence-corrected chi connectivity index (χ4v) is 20.8. The molecule has 1 heterocycles. The standard InChI is InChI=1S/C21H21N2O2.3C4H9.Sn/c1-24-19-10-6-17(7-11-19)15-23(21-5-3-4-14-22-21)16-18-8-12-20(25-2)13-9-18;3*1-3-4-2;/h3-13H,15-16H2,1-2H3;3*1,3-4H2,2H3;. The Hall–Kier alpha value is -2.21. The van der Waals surface area contributed by atoms with E-state index in [4.69, 9.17) is 14.5 Å². The molecule has 5 heteroatoms. The molecular weight excluding hydrogens is 575 g/mol. The van der Waals surface area contributed by atoms with Gasteiger partial charge in [-0.2, -0.15) is 0 Å². The summed E-state index contributed by atoms with van der Waals surface area (Å²) >= 11 is -2.64. The van der Waals surface area contributed by atoms with Crippen LogP contribution in [-0.4, -0.2) is 37.6 Å². The molecule has 0 amide bonds. The minimum atomic E-state index is -2.64. The van der Waals surface area contributed by atoms with E-state index >= 15 is 0 Å². The monoisotopic (exact) mass is 624 g/mol. The third kappa shape index (κ3) is 8.65. The Bertz CT molecular complexity index is 998. The SMILES string of the molecule is CCC[CH2][Sn]([CH2]CCC)([CH2]CCC)[c]1cccc(N(Cc2ccc(OC)cc2)Cc2ccc(OC)cc2)n1. The Kier molecular flexibility index (Phi) is 12.8. The van der Waals surface area contributed by atoms with Gasteiger partial charge in [0.2, 0.25) is 0 Å². The zero-order valence-corrected chi connectivity index (χ0v) is 27.2. The second-order valence-electron chi connectivity index (χ2n) is 10.5. The van der Waals surface area contributed by atoms with Gasteiger partial charge in [-0.3, -0.25) is 0 Å². The molecule has 1 aromatic heterocycles. The van der Waals surface area contributed by atoms with Gasteiger partial charge in [-0.05, 0) is 0 Å². The molecule has 0 aliphatic heterocycles. The van der Waals surface area contributed by atoms with Gasteiger partial charge in [0.15, 0.2) is 0 Å². The molecule has 0 saturated heterocycles. The van der Waals surface area contributed by atoms with E-state index in [1.54, 1.807) is 14.2 Å². The number of hydrogen-bond donors (Lipinski definition) is 0. The first-order valence-corrected chi connectivity index (χ1v) is 22.0. The van der Waals surface area contributed by atoms with Crippen LogP contribution in [0, 0.1) is 0 Å². The number of ether oxygens (including phenoxy) is 2. The van der Waals surface area contributed by atoms with Crippen LogP contribution in [0.15, 0.2) is 66.7 Å². The number of rotatable bonds is 17. The Balaban J connectivity index is 2.00. The quantitative estimate of drug-likeness (QED) is 0.142. The first kappa shape index (κ1) is 30.3. The van der Waals surface area contributed by atoms with E-state index in [-0.39, 0.29) is 0 Å². The Morgan fingerprint density at radius 2 is 1.08 bits per heavy atom. The molecule has 4 nitrogen and oxygen atoms in total. The molecule has 0 spiro atoms. The van der Waals surface area contributed by atoms with Gasteiger partial charge < -0.3 is 0 Å². The second kappa shape index (κ2) is 16.0. The number of hydrogen-bond acceptors (Lipinski definition) is 4. The molecule has 206 valence electrons. The second-order valence-corrected chi connectivity index (χ2v) is 23.6. The third-order valence-electron chi connectivity index (χ3n) is 7.69. The number of unbranched alkanes of at least 4 members (excludes halogenated alkanes) is 3. The number of anilines is 1. The normalized spacial score (nSPS) is 11.4. The van der Waals surface area contributed by atoms with E-state index in [0.717, 1.165) is 30.4 Å². The van der Waals surface area contributed by atoms with Crippen LogP contribution in [0.25, 0.3) is 0 Å². The summed E-state index contributed by atoms with van der Waals surface area (Å²) in [5, 5.41) is 0. The van der Waals surface area contributed by atoms with Crippen LogP contribution in [0.4, 0.5) is 5.82 Å². The maximum atomic E-state index is 5.53. The summed E-state index contributed by atoms with van der Waals surface area (Å²) in [4.78, 5) is 7.97. The summed E-state index contributed by atoms with van der Waals surface area (Å²) in [6.07, 6.45) is 7.86. The van der Waals surface area contributed by atoms with E-state index < -0.39 is 18.4 Å². The molecule has 3 rings (SSSR count). The van der Waals surface area contributed by atoms with Crippen LogP contribution in [0.2, 0.25) is 13.3 Å². The molecule has 0 aliphatic rings. The van der Waals surface area contributed by atoms with Crippen LogP contribution in [0.1, 0.15) is 70.4 Å². The zero-order chi connectivity index (χ0) is 27.2. The summed E-state index contributed by atoms with van der Waals surface area (Å²) < 4.78 is 16.6. The molecule has 0 fully saturated rings. The fourth-order valence-electron chi connectivity index (χ4n) is 5.32. The summed E-state index contributed by atoms with van der Waals surface area (Å²) in [6, 6.07) is 23.7. The van der Waals surface area contributed by atoms with Crippen LogP contribution >= 0.6 is 0 Å². The van der Waals surface area contributed by atoms with Crippen molar-refractivity contribution in [3.05, 3.63) is 77.9 Å². The average molecular weight is 623 g/mol. The Labute approximate surface area is 235 Å². The van der Waals surface area contributed by atoms with E-state index in [9.17, 15) is 0 Å². The molecular formula is C33H48N2O2Sn. The van der Waals surface area contributed by atoms with Crippen molar-refractivity contribution in [3.8, 4) is 11.5 Å². The number of nitrogens with zero attached hydrogens (tertiary/aromatic N) is 2. The minimum absolute atomic E-state index is 0.799. The predicted octanol–water partition coefficient (Wildman–Crippen LogP) is 8.36. The van der Waals surface area contributed by atoms with E-state index in [1.165, 1.54) is 66.7 Å². The van der Waals surface area contributed by atoms with Crippen LogP contribution < -0.4 is 18.1 Å². The number of benzene rings is 2. The number of aromatic nitrogens is 1. The molecule has 0 radical (unpaired) electrons. The van der Waals surface area contributed by atoms with Gasteiger partial charge in [-0.1, -0.05) is 0 Å². The van der Waals surface area contributed by atoms with Crippen LogP contribution in [0.5, 0.6) is 11.5 Å². The Morgan fingerprint density at radius 1 is 0.632 bits per heavy atom. The van der Waals surface area contributed by atoms with Gasteiger partial charge >= 0.3 is 237 Å². The van der Waals surface area contributed by atoms with Gasteiger partial charge in [0.05, 0.1) is 0 Å². The third-order valence-corrected chi connectivity index (χ3v) is 22.8. The summed E-state index contributed by atoms with van der Waals surface area (Å²) in [7, 11) is 3.43. The van der Waals surface area contributed by atoms with Gasteiger partial charge in [0.1, 0.15) is 0 Å². The Morgan fingerprint density at radius 3 is 1.47 bits per heavy atom. The first-order valence-electron chi connectivity index (χ1n) is 14.6. The van der Waals surface area contributed by atoms with Crippen molar-refractivity contribution in [2.75, 3.05) is 19.1 Å². The van der Waals surface area contributed by atoms with Gasteiger partial charge in [-0.25, -0.2) is 0 Å². The molecule has 0 atom stereocenters. The molecule has 0 N–H and O–H groups in total. The van der Waals surface area contributed by atoms with Crippen molar-refractivity contribution < 1.29 is 9.47 Å². The van der Waals surface area contributed by atoms with E-state index in [0.29, 0.717) is 0 Å². The molecule has 3 aromatic rings.